The lowest BCUT2D eigenvalue weighted by molar-refractivity contribution is -0.140. The number of guanidine groups is 1. The number of nitrogens with one attached hydrogen (secondary N) is 2. The maximum atomic E-state index is 14.0. The topological polar surface area (TPSA) is 83.0 Å². The zero-order valence-corrected chi connectivity index (χ0v) is 21.4. The van der Waals surface area contributed by atoms with Crippen molar-refractivity contribution in [1.29, 1.82) is 0 Å². The fourth-order valence-corrected chi connectivity index (χ4v) is 5.06. The number of ether oxygens (including phenoxy) is 1. The van der Waals surface area contributed by atoms with Crippen molar-refractivity contribution in [2.24, 2.45) is 28.7 Å². The summed E-state index contributed by atoms with van der Waals surface area (Å²) in [4.78, 5) is 31.4. The molecule has 1 aliphatic heterocycles. The van der Waals surface area contributed by atoms with Crippen molar-refractivity contribution in [1.82, 2.24) is 15.5 Å². The highest BCUT2D eigenvalue weighted by Gasteiger charge is 2.58. The fraction of sp³-hybridized carbons (Fsp3) is 0.542. The first-order valence-corrected chi connectivity index (χ1v) is 11.5. The van der Waals surface area contributed by atoms with Crippen LogP contribution in [-0.2, 0) is 16.1 Å². The summed E-state index contributed by atoms with van der Waals surface area (Å²) in [5, 5.41) is 6.39. The minimum atomic E-state index is -0.397. The number of benzene rings is 1. The molecule has 33 heavy (non-hydrogen) atoms. The van der Waals surface area contributed by atoms with Crippen LogP contribution in [0.4, 0.5) is 4.39 Å². The number of amides is 2. The summed E-state index contributed by atoms with van der Waals surface area (Å²) >= 11 is 0. The molecular weight excluding hydrogens is 538 g/mol. The number of allylic oxidation sites excluding steroid dienone is 2. The van der Waals surface area contributed by atoms with Gasteiger partial charge in [0.15, 0.2) is 17.5 Å². The number of imide groups is 1. The fourth-order valence-electron chi connectivity index (χ4n) is 5.06. The van der Waals surface area contributed by atoms with Crippen LogP contribution in [-0.4, -0.2) is 48.9 Å². The molecule has 2 bridgehead atoms. The molecule has 2 fully saturated rings. The number of carbonyl (C=O) groups is 2. The molecule has 0 aromatic heterocycles. The summed E-state index contributed by atoms with van der Waals surface area (Å²) in [6, 6.07) is 4.84. The van der Waals surface area contributed by atoms with E-state index in [4.69, 9.17) is 4.74 Å². The molecule has 9 heteroatoms. The third-order valence-corrected chi connectivity index (χ3v) is 6.47. The van der Waals surface area contributed by atoms with Crippen LogP contribution < -0.4 is 15.4 Å². The highest BCUT2D eigenvalue weighted by atomic mass is 127. The highest BCUT2D eigenvalue weighted by Crippen LogP contribution is 2.52. The van der Waals surface area contributed by atoms with Crippen LogP contribution in [0.3, 0.4) is 0 Å². The lowest BCUT2D eigenvalue weighted by Crippen LogP contribution is -2.40. The lowest BCUT2D eigenvalue weighted by atomic mass is 9.85. The van der Waals surface area contributed by atoms with Crippen LogP contribution in [0.2, 0.25) is 0 Å². The number of hydrogen-bond donors (Lipinski definition) is 2. The summed E-state index contributed by atoms with van der Waals surface area (Å²) in [5.41, 5.74) is 0.742. The van der Waals surface area contributed by atoms with Gasteiger partial charge < -0.3 is 15.4 Å². The molecule has 2 aliphatic carbocycles. The van der Waals surface area contributed by atoms with E-state index < -0.39 is 5.82 Å². The van der Waals surface area contributed by atoms with E-state index in [1.165, 1.54) is 11.0 Å². The number of fused-ring (bicyclic) bond motifs is 5. The van der Waals surface area contributed by atoms with Crippen LogP contribution in [0.1, 0.15) is 32.3 Å². The van der Waals surface area contributed by atoms with E-state index in [0.717, 1.165) is 12.0 Å². The summed E-state index contributed by atoms with van der Waals surface area (Å²) in [6.45, 7) is 6.19. The zero-order valence-electron chi connectivity index (χ0n) is 19.1. The van der Waals surface area contributed by atoms with Gasteiger partial charge in [-0.1, -0.05) is 18.2 Å². The number of nitrogens with zero attached hydrogens (tertiary/aromatic N) is 2. The van der Waals surface area contributed by atoms with Crippen molar-refractivity contribution >= 4 is 41.8 Å². The normalized spacial score (nSPS) is 25.3. The summed E-state index contributed by atoms with van der Waals surface area (Å²) < 4.78 is 19.3. The number of halogens is 2. The molecule has 7 nitrogen and oxygen atoms in total. The molecule has 1 saturated heterocycles. The van der Waals surface area contributed by atoms with Gasteiger partial charge in [-0.15, -0.1) is 24.0 Å². The average molecular weight is 570 g/mol. The molecule has 1 aromatic carbocycles. The molecule has 2 amide bonds. The minimum Gasteiger partial charge on any atom is -0.491 e. The van der Waals surface area contributed by atoms with Crippen molar-refractivity contribution < 1.29 is 18.7 Å². The molecule has 180 valence electrons. The molecule has 4 rings (SSSR count). The first-order chi connectivity index (χ1) is 15.5. The first kappa shape index (κ1) is 25.5. The van der Waals surface area contributed by atoms with Gasteiger partial charge in [0, 0.05) is 19.6 Å². The van der Waals surface area contributed by atoms with Crippen molar-refractivity contribution in [3.05, 3.63) is 41.7 Å². The van der Waals surface area contributed by atoms with Crippen molar-refractivity contribution in [2.75, 3.05) is 26.2 Å². The van der Waals surface area contributed by atoms with E-state index in [1.807, 2.05) is 13.8 Å². The summed E-state index contributed by atoms with van der Waals surface area (Å²) in [7, 11) is 0. The molecule has 4 atom stereocenters. The van der Waals surface area contributed by atoms with Crippen molar-refractivity contribution in [3.8, 4) is 5.75 Å². The van der Waals surface area contributed by atoms with E-state index in [0.29, 0.717) is 45.2 Å². The number of carbonyl (C=O) groups excluding carboxylic acids is 2. The Morgan fingerprint density at radius 3 is 2.45 bits per heavy atom. The predicted octanol–water partition coefficient (Wildman–Crippen LogP) is 3.09. The Bertz CT molecular complexity index is 908. The van der Waals surface area contributed by atoms with Crippen LogP contribution >= 0.6 is 24.0 Å². The van der Waals surface area contributed by atoms with E-state index in [2.05, 4.69) is 27.8 Å². The Morgan fingerprint density at radius 1 is 1.15 bits per heavy atom. The van der Waals surface area contributed by atoms with Gasteiger partial charge in [-0.2, -0.15) is 0 Å². The maximum Gasteiger partial charge on any atom is 0.233 e. The molecule has 1 heterocycles. The molecule has 0 radical (unpaired) electrons. The zero-order chi connectivity index (χ0) is 22.7. The average Bonchev–Trinajstić information content (AvgIpc) is 3.46. The second-order valence-electron chi connectivity index (χ2n) is 8.50. The van der Waals surface area contributed by atoms with Crippen molar-refractivity contribution in [2.45, 2.75) is 33.2 Å². The smallest absolute Gasteiger partial charge is 0.233 e. The van der Waals surface area contributed by atoms with Crippen molar-refractivity contribution in [3.63, 3.8) is 0 Å². The molecule has 2 N–H and O–H groups in total. The first-order valence-electron chi connectivity index (χ1n) is 11.5. The van der Waals surface area contributed by atoms with Gasteiger partial charge in [0.1, 0.15) is 0 Å². The SMILES string of the molecule is CCNC(=NCc1ccc(OCC)c(F)c1)NCCCN1C(=O)C2C3C=CC(C3)C2C1=O.I. The van der Waals surface area contributed by atoms with Gasteiger partial charge in [-0.3, -0.25) is 14.5 Å². The molecule has 1 aromatic rings. The van der Waals surface area contributed by atoms with Gasteiger partial charge in [-0.05, 0) is 56.2 Å². The Balaban J connectivity index is 0.00000306. The maximum absolute atomic E-state index is 14.0. The predicted molar refractivity (Wildman–Crippen MR) is 135 cm³/mol. The number of aliphatic imine (C=N–C) groups is 1. The Labute approximate surface area is 211 Å². The number of hydrogen-bond acceptors (Lipinski definition) is 4. The standard InChI is InChI=1S/C24H31FN4O3.HI/c1-3-26-24(28-14-15-6-9-19(32-4-2)18(25)12-15)27-10-5-11-29-22(30)20-16-7-8-17(13-16)21(20)23(29)31;/h6-9,12,16-17,20-21H,3-5,10-11,13-14H2,1-2H3,(H2,26,27,28);1H. The van der Waals surface area contributed by atoms with Gasteiger partial charge in [0.2, 0.25) is 11.8 Å². The van der Waals surface area contributed by atoms with E-state index in [1.54, 1.807) is 12.1 Å². The van der Waals surface area contributed by atoms with Crippen LogP contribution in [0.5, 0.6) is 5.75 Å². The van der Waals surface area contributed by atoms with E-state index >= 15 is 0 Å². The van der Waals surface area contributed by atoms with Crippen LogP contribution in [0.15, 0.2) is 35.3 Å². The molecule has 0 spiro atoms. The summed E-state index contributed by atoms with van der Waals surface area (Å²) in [6.07, 6.45) is 5.81. The van der Waals surface area contributed by atoms with Crippen LogP contribution in [0, 0.1) is 29.5 Å². The molecule has 1 saturated carbocycles. The van der Waals surface area contributed by atoms with Crippen LogP contribution in [0.25, 0.3) is 0 Å². The Kier molecular flexibility index (Phi) is 8.72. The quantitative estimate of drug-likeness (QED) is 0.119. The van der Waals surface area contributed by atoms with Gasteiger partial charge in [0.05, 0.1) is 25.0 Å². The monoisotopic (exact) mass is 570 g/mol. The van der Waals surface area contributed by atoms with Gasteiger partial charge in [-0.25, -0.2) is 9.38 Å². The third kappa shape index (κ3) is 5.33. The molecule has 3 aliphatic rings. The largest absolute Gasteiger partial charge is 0.491 e. The second kappa shape index (κ2) is 11.3. The lowest BCUT2D eigenvalue weighted by Gasteiger charge is -2.18. The third-order valence-electron chi connectivity index (χ3n) is 6.47. The molecule has 4 unspecified atom stereocenters. The van der Waals surface area contributed by atoms with E-state index in [-0.39, 0.29) is 65.2 Å². The Hall–Kier alpha value is -2.17. The second-order valence-corrected chi connectivity index (χ2v) is 8.50. The van der Waals surface area contributed by atoms with Gasteiger partial charge in [0.25, 0.3) is 0 Å². The number of likely N-dealkylation sites (tertiary alicyclic amines) is 1. The minimum absolute atomic E-state index is 0. The molecular formula is C24H32FIN4O3. The Morgan fingerprint density at radius 2 is 1.85 bits per heavy atom. The summed E-state index contributed by atoms with van der Waals surface area (Å²) in [5.74, 6) is 0.645. The van der Waals surface area contributed by atoms with E-state index in [9.17, 15) is 14.0 Å². The van der Waals surface area contributed by atoms with Gasteiger partial charge >= 0.3 is 0 Å². The highest BCUT2D eigenvalue weighted by molar-refractivity contribution is 14.0. The number of rotatable bonds is 9.